The van der Waals surface area contributed by atoms with E-state index in [1.165, 1.54) is 11.1 Å². The second-order valence-electron chi connectivity index (χ2n) is 4.25. The summed E-state index contributed by atoms with van der Waals surface area (Å²) in [6, 6.07) is 8.44. The molecule has 1 aromatic carbocycles. The van der Waals surface area contributed by atoms with E-state index in [-0.39, 0.29) is 6.10 Å². The molecule has 1 N–H and O–H groups in total. The minimum Gasteiger partial charge on any atom is -0.393 e. The largest absolute Gasteiger partial charge is 0.393 e. The number of aliphatic hydroxyl groups is 1. The van der Waals surface area contributed by atoms with E-state index in [9.17, 15) is 5.11 Å². The molecule has 78 valence electrons. The fourth-order valence-corrected chi connectivity index (χ4v) is 2.33. The van der Waals surface area contributed by atoms with Crippen molar-refractivity contribution in [3.05, 3.63) is 35.4 Å². The fourth-order valence-electron chi connectivity index (χ4n) is 2.33. The number of fused-ring (bicyclic) bond motifs is 1. The van der Waals surface area contributed by atoms with E-state index in [1.54, 1.807) is 0 Å². The van der Waals surface area contributed by atoms with Gasteiger partial charge in [-0.2, -0.15) is 0 Å². The average Bonchev–Trinajstić information content (AvgIpc) is 2.69. The predicted octanol–water partition coefficient (Wildman–Crippen LogP) is 2.18. The predicted molar refractivity (Wildman–Crippen MR) is 61.4 cm³/mol. The molecule has 0 bridgehead atoms. The summed E-state index contributed by atoms with van der Waals surface area (Å²) in [4.78, 5) is 0. The van der Waals surface area contributed by atoms with E-state index >= 15 is 0 Å². The van der Waals surface area contributed by atoms with Crippen molar-refractivity contribution in [3.63, 3.8) is 0 Å². The maximum absolute atomic E-state index is 9.96. The Labute approximate surface area is 91.1 Å². The highest BCUT2D eigenvalue weighted by atomic mass is 16.3. The number of hydrogen-bond acceptors (Lipinski definition) is 1. The van der Waals surface area contributed by atoms with Crippen molar-refractivity contribution < 1.29 is 5.11 Å². The van der Waals surface area contributed by atoms with Gasteiger partial charge in [0.1, 0.15) is 0 Å². The molecule has 1 aliphatic carbocycles. The summed E-state index contributed by atoms with van der Waals surface area (Å²) < 4.78 is 0. The number of benzene rings is 1. The van der Waals surface area contributed by atoms with E-state index in [2.05, 4.69) is 30.2 Å². The Morgan fingerprint density at radius 2 is 1.93 bits per heavy atom. The zero-order valence-corrected chi connectivity index (χ0v) is 8.82. The first-order valence-corrected chi connectivity index (χ1v) is 5.49. The number of terminal acetylenes is 1. The van der Waals surface area contributed by atoms with Crippen LogP contribution in [0.25, 0.3) is 0 Å². The van der Waals surface area contributed by atoms with Crippen molar-refractivity contribution in [2.45, 2.75) is 31.8 Å². The van der Waals surface area contributed by atoms with E-state index in [0.29, 0.717) is 12.3 Å². The summed E-state index contributed by atoms with van der Waals surface area (Å²) in [5.74, 6) is 2.95. The molecular weight excluding hydrogens is 184 g/mol. The summed E-state index contributed by atoms with van der Waals surface area (Å²) in [6.45, 7) is 0. The summed E-state index contributed by atoms with van der Waals surface area (Å²) in [7, 11) is 0. The van der Waals surface area contributed by atoms with Crippen LogP contribution in [0.1, 0.15) is 24.0 Å². The monoisotopic (exact) mass is 200 g/mol. The van der Waals surface area contributed by atoms with Gasteiger partial charge in [0, 0.05) is 6.42 Å². The second-order valence-corrected chi connectivity index (χ2v) is 4.25. The van der Waals surface area contributed by atoms with Crippen molar-refractivity contribution in [2.24, 2.45) is 5.92 Å². The molecule has 0 radical (unpaired) electrons. The molecule has 1 aliphatic rings. The van der Waals surface area contributed by atoms with E-state index in [0.717, 1.165) is 19.3 Å². The first-order chi connectivity index (χ1) is 7.31. The van der Waals surface area contributed by atoms with Crippen LogP contribution in [0.3, 0.4) is 0 Å². The van der Waals surface area contributed by atoms with Gasteiger partial charge in [-0.25, -0.2) is 0 Å². The van der Waals surface area contributed by atoms with Crippen molar-refractivity contribution in [1.29, 1.82) is 0 Å². The van der Waals surface area contributed by atoms with Crippen LogP contribution in [0.15, 0.2) is 24.3 Å². The van der Waals surface area contributed by atoms with Crippen LogP contribution in [0.2, 0.25) is 0 Å². The molecule has 0 saturated heterocycles. The lowest BCUT2D eigenvalue weighted by Crippen LogP contribution is -2.20. The van der Waals surface area contributed by atoms with Gasteiger partial charge in [-0.3, -0.25) is 0 Å². The molecule has 1 heteroatoms. The van der Waals surface area contributed by atoms with Crippen LogP contribution in [-0.4, -0.2) is 11.2 Å². The Bertz CT molecular complexity index is 350. The van der Waals surface area contributed by atoms with Crippen LogP contribution in [0.4, 0.5) is 0 Å². The Morgan fingerprint density at radius 3 is 2.47 bits per heavy atom. The number of rotatable bonds is 3. The van der Waals surface area contributed by atoms with Gasteiger partial charge in [-0.15, -0.1) is 12.3 Å². The highest BCUT2D eigenvalue weighted by molar-refractivity contribution is 5.32. The molecule has 0 amide bonds. The van der Waals surface area contributed by atoms with Gasteiger partial charge >= 0.3 is 0 Å². The molecule has 1 unspecified atom stereocenters. The van der Waals surface area contributed by atoms with Gasteiger partial charge in [0.05, 0.1) is 6.10 Å². The standard InChI is InChI=1S/C14H16O/c1-2-3-8-14(15)13-9-11-6-4-5-7-12(11)10-13/h1,4-7,13-15H,3,8-10H2. The Hall–Kier alpha value is -1.26. The van der Waals surface area contributed by atoms with Gasteiger partial charge in [-0.1, -0.05) is 24.3 Å². The zero-order chi connectivity index (χ0) is 10.7. The molecule has 0 spiro atoms. The van der Waals surface area contributed by atoms with Gasteiger partial charge in [0.2, 0.25) is 0 Å². The van der Waals surface area contributed by atoms with E-state index in [4.69, 9.17) is 6.42 Å². The van der Waals surface area contributed by atoms with Crippen LogP contribution < -0.4 is 0 Å². The molecule has 0 heterocycles. The molecule has 0 aromatic heterocycles. The third kappa shape index (κ3) is 2.22. The van der Waals surface area contributed by atoms with Crippen molar-refractivity contribution in [1.82, 2.24) is 0 Å². The fraction of sp³-hybridized carbons (Fsp3) is 0.429. The second kappa shape index (κ2) is 4.51. The Morgan fingerprint density at radius 1 is 1.33 bits per heavy atom. The average molecular weight is 200 g/mol. The SMILES string of the molecule is C#CCCC(O)C1Cc2ccccc2C1. The van der Waals surface area contributed by atoms with Crippen molar-refractivity contribution in [3.8, 4) is 12.3 Å². The first kappa shape index (κ1) is 10.3. The van der Waals surface area contributed by atoms with Gasteiger partial charge in [-0.05, 0) is 36.3 Å². The summed E-state index contributed by atoms with van der Waals surface area (Å²) >= 11 is 0. The molecule has 15 heavy (non-hydrogen) atoms. The molecule has 2 rings (SSSR count). The van der Waals surface area contributed by atoms with E-state index < -0.39 is 0 Å². The molecule has 0 saturated carbocycles. The molecule has 1 atom stereocenters. The highest BCUT2D eigenvalue weighted by Crippen LogP contribution is 2.29. The van der Waals surface area contributed by atoms with Crippen LogP contribution in [0.5, 0.6) is 0 Å². The summed E-state index contributed by atoms with van der Waals surface area (Å²) in [6.07, 6.45) is 8.37. The zero-order valence-electron chi connectivity index (χ0n) is 8.82. The highest BCUT2D eigenvalue weighted by Gasteiger charge is 2.26. The lowest BCUT2D eigenvalue weighted by atomic mass is 9.96. The van der Waals surface area contributed by atoms with Crippen LogP contribution in [-0.2, 0) is 12.8 Å². The molecule has 0 aliphatic heterocycles. The van der Waals surface area contributed by atoms with Gasteiger partial charge in [0.15, 0.2) is 0 Å². The number of hydrogen-bond donors (Lipinski definition) is 1. The summed E-state index contributed by atoms with van der Waals surface area (Å²) in [5.41, 5.74) is 2.78. The smallest absolute Gasteiger partial charge is 0.0583 e. The minimum absolute atomic E-state index is 0.242. The third-order valence-corrected chi connectivity index (χ3v) is 3.21. The maximum atomic E-state index is 9.96. The molecule has 1 aromatic rings. The Balaban J connectivity index is 1.98. The van der Waals surface area contributed by atoms with Gasteiger partial charge in [0.25, 0.3) is 0 Å². The Kier molecular flexibility index (Phi) is 3.08. The van der Waals surface area contributed by atoms with Crippen molar-refractivity contribution in [2.75, 3.05) is 0 Å². The quantitative estimate of drug-likeness (QED) is 0.741. The third-order valence-electron chi connectivity index (χ3n) is 3.21. The lowest BCUT2D eigenvalue weighted by molar-refractivity contribution is 0.105. The number of aliphatic hydroxyl groups excluding tert-OH is 1. The van der Waals surface area contributed by atoms with Crippen LogP contribution >= 0.6 is 0 Å². The van der Waals surface area contributed by atoms with Crippen molar-refractivity contribution >= 4 is 0 Å². The van der Waals surface area contributed by atoms with Gasteiger partial charge < -0.3 is 5.11 Å². The normalized spacial score (nSPS) is 17.1. The molecule has 0 fully saturated rings. The lowest BCUT2D eigenvalue weighted by Gasteiger charge is -2.16. The summed E-state index contributed by atoms with van der Waals surface area (Å²) in [5, 5.41) is 9.96. The maximum Gasteiger partial charge on any atom is 0.0583 e. The van der Waals surface area contributed by atoms with Crippen LogP contribution in [0, 0.1) is 18.3 Å². The molecular formula is C14H16O. The topological polar surface area (TPSA) is 20.2 Å². The minimum atomic E-state index is -0.242. The molecule has 1 nitrogen and oxygen atoms in total. The first-order valence-electron chi connectivity index (χ1n) is 5.49. The van der Waals surface area contributed by atoms with E-state index in [1.807, 2.05) is 0 Å².